The number of rotatable bonds is 14. The van der Waals surface area contributed by atoms with Gasteiger partial charge in [0.2, 0.25) is 12.2 Å². The molecule has 15 atom stereocenters. The third-order valence-electron chi connectivity index (χ3n) is 9.47. The van der Waals surface area contributed by atoms with Gasteiger partial charge in [-0.25, -0.2) is 0 Å². The molecule has 0 bridgehead atoms. The van der Waals surface area contributed by atoms with Gasteiger partial charge in [-0.3, -0.25) is 4.79 Å². The number of carbonyl (C=O) groups excluding carboxylic acids is 1. The Kier molecular flexibility index (Phi) is 14.7. The number of carbonyl (C=O) groups is 1. The highest BCUT2D eigenvalue weighted by molar-refractivity contribution is 5.91. The smallest absolute Gasteiger partial charge is 0.244 e. The van der Waals surface area contributed by atoms with Gasteiger partial charge in [0.05, 0.1) is 26.4 Å². The summed E-state index contributed by atoms with van der Waals surface area (Å²) in [5.41, 5.74) is 1.67. The molecule has 54 heavy (non-hydrogen) atoms. The summed E-state index contributed by atoms with van der Waals surface area (Å²) in [6, 6.07) is 13.9. The number of aliphatic hydroxyl groups excluding tert-OH is 9. The summed E-state index contributed by atoms with van der Waals surface area (Å²) in [7, 11) is 1.57. The molecule has 0 saturated carbocycles. The van der Waals surface area contributed by atoms with E-state index in [-0.39, 0.29) is 11.7 Å². The zero-order chi connectivity index (χ0) is 39.1. The molecule has 0 spiro atoms. The molecule has 3 saturated heterocycles. The van der Waals surface area contributed by atoms with E-state index in [0.29, 0.717) is 18.7 Å². The van der Waals surface area contributed by atoms with Crippen molar-refractivity contribution >= 4 is 12.0 Å². The molecule has 300 valence electrons. The number of aliphatic hydroxyl groups is 9. The molecular weight excluding hydrogens is 718 g/mol. The third-order valence-corrected chi connectivity index (χ3v) is 9.47. The zero-order valence-electron chi connectivity index (χ0n) is 29.6. The van der Waals surface area contributed by atoms with E-state index < -0.39 is 105 Å². The minimum atomic E-state index is -1.87. The molecule has 0 aliphatic carbocycles. The summed E-state index contributed by atoms with van der Waals surface area (Å²) in [6.07, 6.45) is -20.5. The van der Waals surface area contributed by atoms with Gasteiger partial charge in [-0.1, -0.05) is 24.3 Å². The number of hydrogen-bond donors (Lipinski definition) is 10. The van der Waals surface area contributed by atoms with E-state index in [2.05, 4.69) is 5.32 Å². The van der Waals surface area contributed by atoms with Crippen molar-refractivity contribution < 1.29 is 83.9 Å². The van der Waals surface area contributed by atoms with Gasteiger partial charge in [0.15, 0.2) is 18.7 Å². The number of nitrogens with one attached hydrogen (secondary N) is 1. The summed E-state index contributed by atoms with van der Waals surface area (Å²) < 4.78 is 40.2. The lowest BCUT2D eigenvalue weighted by Gasteiger charge is -2.48. The number of ether oxygens (including phenoxy) is 7. The van der Waals surface area contributed by atoms with E-state index in [9.17, 15) is 50.8 Å². The first kappa shape index (κ1) is 41.8. The average Bonchev–Trinajstić information content (AvgIpc) is 3.18. The fourth-order valence-electron chi connectivity index (χ4n) is 6.19. The molecule has 18 nitrogen and oxygen atoms in total. The largest absolute Gasteiger partial charge is 0.497 e. The summed E-state index contributed by atoms with van der Waals surface area (Å²) in [4.78, 5) is 12.3. The van der Waals surface area contributed by atoms with E-state index in [0.717, 1.165) is 11.1 Å². The Hall–Kier alpha value is -3.31. The van der Waals surface area contributed by atoms with Crippen LogP contribution in [0, 0.1) is 0 Å². The van der Waals surface area contributed by atoms with Crippen molar-refractivity contribution in [3.8, 4) is 11.5 Å². The Morgan fingerprint density at radius 1 is 0.685 bits per heavy atom. The van der Waals surface area contributed by atoms with Crippen LogP contribution in [-0.4, -0.2) is 171 Å². The maximum atomic E-state index is 12.3. The summed E-state index contributed by atoms with van der Waals surface area (Å²) >= 11 is 0. The normalized spacial score (nSPS) is 37.2. The lowest BCUT2D eigenvalue weighted by molar-refractivity contribution is -0.382. The molecule has 5 rings (SSSR count). The highest BCUT2D eigenvalue weighted by atomic mass is 16.8. The second-order valence-electron chi connectivity index (χ2n) is 13.2. The van der Waals surface area contributed by atoms with Gasteiger partial charge in [0, 0.05) is 12.6 Å². The van der Waals surface area contributed by atoms with E-state index in [1.165, 1.54) is 13.0 Å². The van der Waals surface area contributed by atoms with Crippen molar-refractivity contribution in [2.24, 2.45) is 0 Å². The van der Waals surface area contributed by atoms with Gasteiger partial charge in [-0.05, 0) is 54.8 Å². The molecule has 3 fully saturated rings. The molecule has 10 N–H and O–H groups in total. The van der Waals surface area contributed by atoms with Gasteiger partial charge in [-0.2, -0.15) is 0 Å². The number of benzene rings is 2. The standard InChI is InChI=1S/C36H49NO17/c1-17-25(41)32(53-34-30(46)28(44)26(42)22(15-38)51-34)33(54-35-31(47)29(45)27(43)23(16-39)52-35)36(49-17)50-21-10-5-19(6-11-21)13-14-37-24(40)12-7-18-3-8-20(48-2)9-4-18/h3-12,17,22-23,25-36,38-39,41-47H,13-16H2,1-2H3,(H,37,40). The maximum Gasteiger partial charge on any atom is 0.244 e. The molecule has 0 radical (unpaired) electrons. The van der Waals surface area contributed by atoms with Crippen molar-refractivity contribution in [1.29, 1.82) is 0 Å². The second-order valence-corrected chi connectivity index (χ2v) is 13.2. The highest BCUT2D eigenvalue weighted by Crippen LogP contribution is 2.34. The van der Waals surface area contributed by atoms with Gasteiger partial charge >= 0.3 is 0 Å². The van der Waals surface area contributed by atoms with E-state index in [1.807, 2.05) is 12.1 Å². The highest BCUT2D eigenvalue weighted by Gasteiger charge is 2.54. The fraction of sp³-hybridized carbons (Fsp3) is 0.583. The Balaban J connectivity index is 1.29. The van der Waals surface area contributed by atoms with Crippen LogP contribution >= 0.6 is 0 Å². The molecule has 2 aromatic rings. The van der Waals surface area contributed by atoms with Gasteiger partial charge in [0.1, 0.15) is 72.5 Å². The SMILES string of the molecule is COc1ccc(C=CC(=O)NCCc2ccc(OC3OC(C)C(O)C(OC4OC(CO)C(O)C(O)C4O)C3OC3OC(CO)C(O)C(O)C3O)cc2)cc1. The van der Waals surface area contributed by atoms with Gasteiger partial charge in [0.25, 0.3) is 0 Å². The quantitative estimate of drug-likeness (QED) is 0.0854. The van der Waals surface area contributed by atoms with Crippen LogP contribution < -0.4 is 14.8 Å². The van der Waals surface area contributed by atoms with E-state index >= 15 is 0 Å². The summed E-state index contributed by atoms with van der Waals surface area (Å²) in [6.45, 7) is 0.308. The van der Waals surface area contributed by atoms with Crippen LogP contribution in [0.15, 0.2) is 54.6 Å². The molecule has 3 aliphatic rings. The van der Waals surface area contributed by atoms with Crippen molar-refractivity contribution in [2.45, 2.75) is 105 Å². The summed E-state index contributed by atoms with van der Waals surface area (Å²) in [5, 5.41) is 96.1. The Labute approximate surface area is 310 Å². The monoisotopic (exact) mass is 767 g/mol. The van der Waals surface area contributed by atoms with Crippen molar-refractivity contribution in [3.63, 3.8) is 0 Å². The Morgan fingerprint density at radius 2 is 1.22 bits per heavy atom. The van der Waals surface area contributed by atoms with Crippen LogP contribution in [0.3, 0.4) is 0 Å². The number of amides is 1. The minimum Gasteiger partial charge on any atom is -0.497 e. The topological polar surface area (TPSA) is 276 Å². The van der Waals surface area contributed by atoms with Crippen LogP contribution in [0.2, 0.25) is 0 Å². The van der Waals surface area contributed by atoms with Gasteiger partial charge in [-0.15, -0.1) is 0 Å². The summed E-state index contributed by atoms with van der Waals surface area (Å²) in [5.74, 6) is 0.675. The molecule has 3 heterocycles. The third kappa shape index (κ3) is 9.91. The second kappa shape index (κ2) is 19.0. The molecule has 3 aliphatic heterocycles. The first-order valence-electron chi connectivity index (χ1n) is 17.5. The van der Waals surface area contributed by atoms with Crippen molar-refractivity contribution in [3.05, 3.63) is 65.7 Å². The molecule has 1 amide bonds. The van der Waals surface area contributed by atoms with E-state index in [1.54, 1.807) is 49.6 Å². The van der Waals surface area contributed by atoms with Crippen LogP contribution in [0.25, 0.3) is 6.08 Å². The van der Waals surface area contributed by atoms with Crippen LogP contribution in [0.1, 0.15) is 18.1 Å². The van der Waals surface area contributed by atoms with E-state index in [4.69, 9.17) is 33.2 Å². The average molecular weight is 768 g/mol. The predicted molar refractivity (Wildman–Crippen MR) is 183 cm³/mol. The molecule has 0 aromatic heterocycles. The van der Waals surface area contributed by atoms with Crippen LogP contribution in [0.4, 0.5) is 0 Å². The number of methoxy groups -OCH3 is 1. The Morgan fingerprint density at radius 3 is 1.76 bits per heavy atom. The van der Waals surface area contributed by atoms with Gasteiger partial charge < -0.3 is 84.4 Å². The lowest BCUT2D eigenvalue weighted by atomic mass is 9.96. The minimum absolute atomic E-state index is 0.243. The predicted octanol–water partition coefficient (Wildman–Crippen LogP) is -3.08. The molecule has 2 aromatic carbocycles. The molecule has 18 heteroatoms. The molecule has 15 unspecified atom stereocenters. The van der Waals surface area contributed by atoms with Crippen LogP contribution in [-0.2, 0) is 34.9 Å². The Bertz CT molecular complexity index is 1490. The first-order chi connectivity index (χ1) is 25.8. The van der Waals surface area contributed by atoms with Crippen molar-refractivity contribution in [2.75, 3.05) is 26.9 Å². The maximum absolute atomic E-state index is 12.3. The zero-order valence-corrected chi connectivity index (χ0v) is 29.6. The first-order valence-corrected chi connectivity index (χ1v) is 17.5. The lowest BCUT2D eigenvalue weighted by Crippen LogP contribution is -2.67. The van der Waals surface area contributed by atoms with Crippen molar-refractivity contribution in [1.82, 2.24) is 5.32 Å². The number of hydrogen-bond acceptors (Lipinski definition) is 17. The molecular formula is C36H49NO17. The fourth-order valence-corrected chi connectivity index (χ4v) is 6.19. The van der Waals surface area contributed by atoms with Crippen LogP contribution in [0.5, 0.6) is 11.5 Å².